The maximum Gasteiger partial charge on any atom is 0.326 e. The fourth-order valence-corrected chi connectivity index (χ4v) is 2.03. The number of halogens is 2. The number of rotatable bonds is 2. The summed E-state index contributed by atoms with van der Waals surface area (Å²) >= 11 is 11.6. The average molecular weight is 319 g/mol. The van der Waals surface area contributed by atoms with Crippen LogP contribution in [0.2, 0.25) is 10.0 Å². The van der Waals surface area contributed by atoms with Crippen LogP contribution in [-0.2, 0) is 14.3 Å². The van der Waals surface area contributed by atoms with Crippen molar-refractivity contribution in [3.63, 3.8) is 0 Å². The third-order valence-electron chi connectivity index (χ3n) is 2.52. The van der Waals surface area contributed by atoms with E-state index in [1.54, 1.807) is 6.07 Å². The molecule has 0 aliphatic carbocycles. The van der Waals surface area contributed by atoms with Gasteiger partial charge in [0.15, 0.2) is 6.10 Å². The van der Waals surface area contributed by atoms with Gasteiger partial charge in [-0.05, 0) is 18.2 Å². The van der Waals surface area contributed by atoms with Crippen LogP contribution in [0.4, 0.5) is 10.5 Å². The highest BCUT2D eigenvalue weighted by molar-refractivity contribution is 6.36. The molecule has 1 atom stereocenters. The second kappa shape index (κ2) is 6.90. The fourth-order valence-electron chi connectivity index (χ4n) is 1.58. The number of imide groups is 1. The molecule has 3 amide bonds. The lowest BCUT2D eigenvalue weighted by molar-refractivity contribution is -0.146. The Balaban J connectivity index is 1.90. The Bertz CT molecular complexity index is 518. The van der Waals surface area contributed by atoms with E-state index in [-0.39, 0.29) is 11.6 Å². The zero-order valence-corrected chi connectivity index (χ0v) is 11.8. The molecule has 20 heavy (non-hydrogen) atoms. The van der Waals surface area contributed by atoms with Crippen molar-refractivity contribution < 1.29 is 19.1 Å². The number of nitrogens with one attached hydrogen (secondary N) is 2. The highest BCUT2D eigenvalue weighted by Crippen LogP contribution is 2.25. The summed E-state index contributed by atoms with van der Waals surface area (Å²) in [6, 6.07) is 3.89. The van der Waals surface area contributed by atoms with Gasteiger partial charge in [-0.2, -0.15) is 0 Å². The number of amides is 3. The van der Waals surface area contributed by atoms with Crippen molar-refractivity contribution in [2.24, 2.45) is 0 Å². The number of hydrogen-bond donors (Lipinski definition) is 2. The molecule has 1 aromatic carbocycles. The van der Waals surface area contributed by atoms with Gasteiger partial charge in [0, 0.05) is 5.02 Å². The molecule has 1 aliphatic heterocycles. The van der Waals surface area contributed by atoms with Gasteiger partial charge < -0.3 is 14.8 Å². The first-order valence-electron chi connectivity index (χ1n) is 5.82. The van der Waals surface area contributed by atoms with Gasteiger partial charge in [-0.3, -0.25) is 10.1 Å². The Morgan fingerprint density at radius 2 is 2.05 bits per heavy atom. The van der Waals surface area contributed by atoms with Crippen LogP contribution in [0.1, 0.15) is 0 Å². The zero-order valence-electron chi connectivity index (χ0n) is 10.3. The summed E-state index contributed by atoms with van der Waals surface area (Å²) in [4.78, 5) is 23.4. The van der Waals surface area contributed by atoms with Crippen LogP contribution in [0.3, 0.4) is 0 Å². The van der Waals surface area contributed by atoms with Gasteiger partial charge in [0.1, 0.15) is 0 Å². The van der Waals surface area contributed by atoms with Crippen molar-refractivity contribution in [2.75, 3.05) is 25.1 Å². The third kappa shape index (κ3) is 4.08. The van der Waals surface area contributed by atoms with Gasteiger partial charge in [0.05, 0.1) is 30.5 Å². The first-order valence-corrected chi connectivity index (χ1v) is 6.58. The van der Waals surface area contributed by atoms with Crippen LogP contribution in [0.5, 0.6) is 0 Å². The monoisotopic (exact) mass is 318 g/mol. The molecule has 2 N–H and O–H groups in total. The smallest absolute Gasteiger partial charge is 0.326 e. The van der Waals surface area contributed by atoms with Crippen molar-refractivity contribution in [1.82, 2.24) is 5.32 Å². The second-order valence-corrected chi connectivity index (χ2v) is 4.85. The number of carbonyl (C=O) groups is 2. The molecule has 108 valence electrons. The molecule has 8 heteroatoms. The van der Waals surface area contributed by atoms with Crippen LogP contribution in [0.25, 0.3) is 0 Å². The molecule has 2 rings (SSSR count). The molecule has 1 unspecified atom stereocenters. The van der Waals surface area contributed by atoms with Gasteiger partial charge >= 0.3 is 6.03 Å². The molecule has 1 aliphatic rings. The van der Waals surface area contributed by atoms with Gasteiger partial charge in [0.25, 0.3) is 5.91 Å². The molecule has 1 fully saturated rings. The summed E-state index contributed by atoms with van der Waals surface area (Å²) in [5.74, 6) is -0.563. The van der Waals surface area contributed by atoms with Crippen molar-refractivity contribution in [3.05, 3.63) is 28.2 Å². The Hall–Kier alpha value is -1.34. The summed E-state index contributed by atoms with van der Waals surface area (Å²) in [7, 11) is 0. The average Bonchev–Trinajstić information content (AvgIpc) is 2.43. The summed E-state index contributed by atoms with van der Waals surface area (Å²) < 4.78 is 10.3. The molecule has 1 saturated heterocycles. The lowest BCUT2D eigenvalue weighted by Crippen LogP contribution is -2.46. The maximum absolute atomic E-state index is 11.7. The molecule has 0 aromatic heterocycles. The number of benzene rings is 1. The predicted octanol–water partition coefficient (Wildman–Crippen LogP) is 2.06. The highest BCUT2D eigenvalue weighted by Gasteiger charge is 2.24. The second-order valence-electron chi connectivity index (χ2n) is 4.00. The fraction of sp³-hybridized carbons (Fsp3) is 0.333. The van der Waals surface area contributed by atoms with Crippen molar-refractivity contribution in [3.8, 4) is 0 Å². The van der Waals surface area contributed by atoms with Crippen LogP contribution in [0, 0.1) is 0 Å². The summed E-state index contributed by atoms with van der Waals surface area (Å²) in [5, 5.41) is 5.33. The number of carbonyl (C=O) groups excluding carboxylic acids is 2. The van der Waals surface area contributed by atoms with Gasteiger partial charge in [0.2, 0.25) is 0 Å². The van der Waals surface area contributed by atoms with Gasteiger partial charge in [-0.15, -0.1) is 0 Å². The van der Waals surface area contributed by atoms with Gasteiger partial charge in [-0.1, -0.05) is 23.2 Å². The molecule has 1 heterocycles. The standard InChI is InChI=1S/C12H12Cl2N2O4/c13-7-1-2-9(8(14)5-7)15-12(18)16-11(17)10-6-19-3-4-20-10/h1-2,5,10H,3-4,6H2,(H2,15,16,17,18). The normalized spacial score (nSPS) is 18.4. The van der Waals surface area contributed by atoms with E-state index in [1.807, 2.05) is 0 Å². The number of urea groups is 1. The van der Waals surface area contributed by atoms with E-state index in [2.05, 4.69) is 10.6 Å². The van der Waals surface area contributed by atoms with E-state index in [4.69, 9.17) is 32.7 Å². The van der Waals surface area contributed by atoms with Crippen molar-refractivity contribution in [2.45, 2.75) is 6.10 Å². The van der Waals surface area contributed by atoms with Gasteiger partial charge in [-0.25, -0.2) is 4.79 Å². The summed E-state index contributed by atoms with van der Waals surface area (Å²) in [6.45, 7) is 0.889. The predicted molar refractivity (Wildman–Crippen MR) is 74.2 cm³/mol. The molecule has 6 nitrogen and oxygen atoms in total. The van der Waals surface area contributed by atoms with E-state index in [9.17, 15) is 9.59 Å². The van der Waals surface area contributed by atoms with E-state index < -0.39 is 18.0 Å². The first kappa shape index (κ1) is 15.1. The minimum absolute atomic E-state index is 0.126. The molecule has 0 saturated carbocycles. The Morgan fingerprint density at radius 3 is 2.70 bits per heavy atom. The van der Waals surface area contributed by atoms with Crippen LogP contribution >= 0.6 is 23.2 Å². The zero-order chi connectivity index (χ0) is 14.5. The minimum Gasteiger partial charge on any atom is -0.376 e. The molecular formula is C12H12Cl2N2O4. The SMILES string of the molecule is O=C(NC(=O)C1COCCO1)Nc1ccc(Cl)cc1Cl. The molecule has 0 spiro atoms. The van der Waals surface area contributed by atoms with Crippen LogP contribution < -0.4 is 10.6 Å². The topological polar surface area (TPSA) is 76.7 Å². The largest absolute Gasteiger partial charge is 0.376 e. The van der Waals surface area contributed by atoms with E-state index in [0.717, 1.165) is 0 Å². The summed E-state index contributed by atoms with van der Waals surface area (Å²) in [5.41, 5.74) is 0.349. The quantitative estimate of drug-likeness (QED) is 0.875. The maximum atomic E-state index is 11.7. The van der Waals surface area contributed by atoms with Crippen LogP contribution in [0.15, 0.2) is 18.2 Å². The minimum atomic E-state index is -0.782. The number of ether oxygens (including phenoxy) is 2. The molecule has 1 aromatic rings. The number of hydrogen-bond acceptors (Lipinski definition) is 4. The Labute approximate surface area is 125 Å². The highest BCUT2D eigenvalue weighted by atomic mass is 35.5. The van der Waals surface area contributed by atoms with Crippen molar-refractivity contribution >= 4 is 40.8 Å². The van der Waals surface area contributed by atoms with E-state index >= 15 is 0 Å². The molecule has 0 bridgehead atoms. The third-order valence-corrected chi connectivity index (χ3v) is 3.07. The number of anilines is 1. The van der Waals surface area contributed by atoms with E-state index in [0.29, 0.717) is 23.9 Å². The first-order chi connectivity index (χ1) is 9.56. The Morgan fingerprint density at radius 1 is 1.25 bits per heavy atom. The van der Waals surface area contributed by atoms with Crippen molar-refractivity contribution in [1.29, 1.82) is 0 Å². The molecular weight excluding hydrogens is 307 g/mol. The van der Waals surface area contributed by atoms with Crippen LogP contribution in [-0.4, -0.2) is 37.9 Å². The van der Waals surface area contributed by atoms with E-state index in [1.165, 1.54) is 12.1 Å². The lowest BCUT2D eigenvalue weighted by Gasteiger charge is -2.21. The lowest BCUT2D eigenvalue weighted by atomic mass is 10.3. The molecule has 0 radical (unpaired) electrons. The Kier molecular flexibility index (Phi) is 5.19. The summed E-state index contributed by atoms with van der Waals surface area (Å²) in [6.07, 6.45) is -0.782.